The van der Waals surface area contributed by atoms with E-state index in [1.165, 1.54) is 0 Å². The first-order chi connectivity index (χ1) is 8.19. The number of nitrogens with zero attached hydrogens (tertiary/aromatic N) is 1. The summed E-state index contributed by atoms with van der Waals surface area (Å²) in [4.78, 5) is 10.3. The first kappa shape index (κ1) is 11.1. The zero-order chi connectivity index (χ0) is 12.3. The average Bonchev–Trinajstić information content (AvgIpc) is 2.34. The molecular weight excluding hydrogens is 214 g/mol. The normalized spacial score (nSPS) is 10.1. The lowest BCUT2D eigenvalue weighted by Gasteiger charge is -2.06. The molecule has 2 aromatic rings. The van der Waals surface area contributed by atoms with Gasteiger partial charge in [0.25, 0.3) is 0 Å². The van der Waals surface area contributed by atoms with Gasteiger partial charge in [-0.3, -0.25) is 0 Å². The van der Waals surface area contributed by atoms with Crippen LogP contribution in [0.2, 0.25) is 0 Å². The molecule has 0 saturated heterocycles. The van der Waals surface area contributed by atoms with Crippen molar-refractivity contribution < 1.29 is 0 Å². The van der Waals surface area contributed by atoms with Crippen molar-refractivity contribution in [3.8, 4) is 0 Å². The largest absolute Gasteiger partial charge is 0.399 e. The van der Waals surface area contributed by atoms with Crippen LogP contribution in [0.4, 0.5) is 17.1 Å². The van der Waals surface area contributed by atoms with Gasteiger partial charge in [-0.2, -0.15) is 0 Å². The van der Waals surface area contributed by atoms with E-state index in [2.05, 4.69) is 5.18 Å². The molecule has 17 heavy (non-hydrogen) atoms. The molecular formula is C13H13N3O. The Kier molecular flexibility index (Phi) is 3.05. The second kappa shape index (κ2) is 4.65. The molecule has 2 rings (SSSR count). The predicted octanol–water partition coefficient (Wildman–Crippen LogP) is 2.84. The van der Waals surface area contributed by atoms with E-state index < -0.39 is 0 Å². The molecule has 4 N–H and O–H groups in total. The highest BCUT2D eigenvalue weighted by Gasteiger charge is 2.01. The van der Waals surface area contributed by atoms with E-state index in [9.17, 15) is 4.91 Å². The van der Waals surface area contributed by atoms with E-state index in [1.807, 2.05) is 24.3 Å². The zero-order valence-electron chi connectivity index (χ0n) is 9.26. The van der Waals surface area contributed by atoms with Crippen molar-refractivity contribution in [1.29, 1.82) is 0 Å². The Balaban J connectivity index is 2.22. The number of nitrogens with two attached hydrogens (primary N) is 2. The van der Waals surface area contributed by atoms with Crippen molar-refractivity contribution in [1.82, 2.24) is 0 Å². The lowest BCUT2D eigenvalue weighted by atomic mass is 10.0. The number of rotatable bonds is 3. The SMILES string of the molecule is Nc1ccc(Cc2ccc(N=O)cc2)c(N)c1. The number of nitrogen functional groups attached to an aromatic ring is 2. The number of benzene rings is 2. The van der Waals surface area contributed by atoms with Gasteiger partial charge in [-0.1, -0.05) is 18.2 Å². The maximum absolute atomic E-state index is 10.3. The molecule has 0 fully saturated rings. The topological polar surface area (TPSA) is 81.5 Å². The van der Waals surface area contributed by atoms with Crippen LogP contribution in [0.15, 0.2) is 47.6 Å². The van der Waals surface area contributed by atoms with Gasteiger partial charge >= 0.3 is 0 Å². The van der Waals surface area contributed by atoms with Crippen LogP contribution < -0.4 is 11.5 Å². The lowest BCUT2D eigenvalue weighted by Crippen LogP contribution is -1.97. The molecule has 0 atom stereocenters. The Hall–Kier alpha value is -2.36. The fourth-order valence-corrected chi connectivity index (χ4v) is 1.67. The van der Waals surface area contributed by atoms with E-state index >= 15 is 0 Å². The number of hydrogen-bond donors (Lipinski definition) is 2. The van der Waals surface area contributed by atoms with Crippen molar-refractivity contribution >= 4 is 17.1 Å². The monoisotopic (exact) mass is 227 g/mol. The molecule has 0 radical (unpaired) electrons. The molecule has 0 aliphatic heterocycles. The maximum Gasteiger partial charge on any atom is 0.108 e. The van der Waals surface area contributed by atoms with Gasteiger partial charge in [0.1, 0.15) is 5.69 Å². The van der Waals surface area contributed by atoms with E-state index in [0.717, 1.165) is 11.1 Å². The maximum atomic E-state index is 10.3. The summed E-state index contributed by atoms with van der Waals surface area (Å²) in [6.45, 7) is 0. The summed E-state index contributed by atoms with van der Waals surface area (Å²) in [5.41, 5.74) is 15.4. The van der Waals surface area contributed by atoms with Gasteiger partial charge in [-0.25, -0.2) is 0 Å². The molecule has 0 aromatic heterocycles. The fourth-order valence-electron chi connectivity index (χ4n) is 1.67. The van der Waals surface area contributed by atoms with Gasteiger partial charge in [0.15, 0.2) is 0 Å². The first-order valence-corrected chi connectivity index (χ1v) is 5.25. The second-order valence-corrected chi connectivity index (χ2v) is 3.89. The third-order valence-electron chi connectivity index (χ3n) is 2.61. The summed E-state index contributed by atoms with van der Waals surface area (Å²) in [6.07, 6.45) is 0.714. The van der Waals surface area contributed by atoms with Crippen LogP contribution in [0.3, 0.4) is 0 Å². The number of anilines is 2. The van der Waals surface area contributed by atoms with Gasteiger partial charge in [-0.05, 0) is 47.0 Å². The minimum atomic E-state index is 0.430. The van der Waals surface area contributed by atoms with Crippen molar-refractivity contribution in [2.45, 2.75) is 6.42 Å². The quantitative estimate of drug-likeness (QED) is 0.624. The molecule has 0 aliphatic rings. The highest BCUT2D eigenvalue weighted by atomic mass is 16.3. The molecule has 0 amide bonds. The van der Waals surface area contributed by atoms with Crippen LogP contribution in [0.5, 0.6) is 0 Å². The van der Waals surface area contributed by atoms with Crippen LogP contribution in [-0.4, -0.2) is 0 Å². The molecule has 2 aromatic carbocycles. The highest BCUT2D eigenvalue weighted by molar-refractivity contribution is 5.57. The smallest absolute Gasteiger partial charge is 0.108 e. The summed E-state index contributed by atoms with van der Waals surface area (Å²) >= 11 is 0. The molecule has 0 spiro atoms. The van der Waals surface area contributed by atoms with Crippen molar-refractivity contribution in [2.75, 3.05) is 11.5 Å². The minimum Gasteiger partial charge on any atom is -0.399 e. The van der Waals surface area contributed by atoms with Gasteiger partial charge in [0, 0.05) is 11.4 Å². The molecule has 0 heterocycles. The fraction of sp³-hybridized carbons (Fsp3) is 0.0769. The van der Waals surface area contributed by atoms with E-state index in [4.69, 9.17) is 11.5 Å². The Bertz CT molecular complexity index is 535. The van der Waals surface area contributed by atoms with E-state index in [1.54, 1.807) is 18.2 Å². The van der Waals surface area contributed by atoms with Crippen LogP contribution in [0, 0.1) is 4.91 Å². The Morgan fingerprint density at radius 3 is 2.29 bits per heavy atom. The van der Waals surface area contributed by atoms with Crippen LogP contribution in [0.1, 0.15) is 11.1 Å². The van der Waals surface area contributed by atoms with Gasteiger partial charge < -0.3 is 11.5 Å². The van der Waals surface area contributed by atoms with Gasteiger partial charge in [0.2, 0.25) is 0 Å². The molecule has 86 valence electrons. The minimum absolute atomic E-state index is 0.430. The van der Waals surface area contributed by atoms with Gasteiger partial charge in [-0.15, -0.1) is 4.91 Å². The predicted molar refractivity (Wildman–Crippen MR) is 70.0 cm³/mol. The average molecular weight is 227 g/mol. The van der Waals surface area contributed by atoms with Crippen LogP contribution in [-0.2, 0) is 6.42 Å². The molecule has 0 aliphatic carbocycles. The van der Waals surface area contributed by atoms with Crippen molar-refractivity contribution in [2.24, 2.45) is 5.18 Å². The van der Waals surface area contributed by atoms with E-state index in [-0.39, 0.29) is 0 Å². The third-order valence-corrected chi connectivity index (χ3v) is 2.61. The summed E-state index contributed by atoms with van der Waals surface area (Å²) in [6, 6.07) is 12.6. The first-order valence-electron chi connectivity index (χ1n) is 5.25. The van der Waals surface area contributed by atoms with Crippen molar-refractivity contribution in [3.05, 3.63) is 58.5 Å². The summed E-state index contributed by atoms with van der Waals surface area (Å²) < 4.78 is 0. The lowest BCUT2D eigenvalue weighted by molar-refractivity contribution is 1.20. The summed E-state index contributed by atoms with van der Waals surface area (Å²) in [5, 5.41) is 2.86. The number of hydrogen-bond acceptors (Lipinski definition) is 4. The summed E-state index contributed by atoms with van der Waals surface area (Å²) in [5.74, 6) is 0. The Morgan fingerprint density at radius 2 is 1.71 bits per heavy atom. The molecule has 4 nitrogen and oxygen atoms in total. The molecule has 0 unspecified atom stereocenters. The Morgan fingerprint density at radius 1 is 1.00 bits per heavy atom. The second-order valence-electron chi connectivity index (χ2n) is 3.89. The van der Waals surface area contributed by atoms with E-state index in [0.29, 0.717) is 23.5 Å². The molecule has 4 heteroatoms. The standard InChI is InChI=1S/C13H13N3O/c14-11-4-3-10(13(15)8-11)7-9-1-5-12(16-17)6-2-9/h1-6,8H,7,14-15H2. The zero-order valence-corrected chi connectivity index (χ0v) is 9.26. The molecule has 0 saturated carbocycles. The van der Waals surface area contributed by atoms with Crippen LogP contribution in [0.25, 0.3) is 0 Å². The highest BCUT2D eigenvalue weighted by Crippen LogP contribution is 2.20. The Labute approximate surface area is 99.2 Å². The molecule has 0 bridgehead atoms. The number of nitroso groups, excluding NO2 is 1. The van der Waals surface area contributed by atoms with Crippen molar-refractivity contribution in [3.63, 3.8) is 0 Å². The van der Waals surface area contributed by atoms with Crippen LogP contribution >= 0.6 is 0 Å². The summed E-state index contributed by atoms with van der Waals surface area (Å²) in [7, 11) is 0. The van der Waals surface area contributed by atoms with Gasteiger partial charge in [0.05, 0.1) is 0 Å². The third kappa shape index (κ3) is 2.60.